The molecule has 76 heavy (non-hydrogen) atoms. The number of hydrogen-bond acceptors (Lipinski definition) is 16. The number of aryl methyl sites for hydroxylation is 4. The molecule has 26 nitrogen and oxygen atoms in total. The van der Waals surface area contributed by atoms with Crippen LogP contribution in [0.15, 0.2) is 48.6 Å². The molecule has 0 aliphatic carbocycles. The zero-order valence-corrected chi connectivity index (χ0v) is 43.1. The van der Waals surface area contributed by atoms with E-state index in [2.05, 4.69) is 45.3 Å². The van der Waals surface area contributed by atoms with Gasteiger partial charge in [-0.3, -0.25) is 48.8 Å². The molecule has 7 aromatic rings. The molecule has 7 heterocycles. The van der Waals surface area contributed by atoms with Crippen LogP contribution in [-0.2, 0) is 48.9 Å². The van der Waals surface area contributed by atoms with Crippen LogP contribution in [0.3, 0.4) is 0 Å². The minimum Gasteiger partial charge on any atom is -0.494 e. The normalized spacial score (nSPS) is 14.2. The molecule has 5 aromatic heterocycles. The first-order valence-electron chi connectivity index (χ1n) is 25.1. The van der Waals surface area contributed by atoms with Crippen molar-refractivity contribution in [2.75, 3.05) is 57.1 Å². The summed E-state index contributed by atoms with van der Waals surface area (Å²) in [5, 5.41) is 23.7. The number of nitrogens with two attached hydrogens (primary N) is 3. The molecule has 0 radical (unpaired) electrons. The Morgan fingerprint density at radius 2 is 1.29 bits per heavy atom. The van der Waals surface area contributed by atoms with Crippen molar-refractivity contribution in [2.45, 2.75) is 92.1 Å². The van der Waals surface area contributed by atoms with E-state index in [0.29, 0.717) is 95.5 Å². The van der Waals surface area contributed by atoms with Crippen molar-refractivity contribution in [2.24, 2.45) is 17.4 Å². The lowest BCUT2D eigenvalue weighted by atomic mass is 9.95. The van der Waals surface area contributed by atoms with Crippen molar-refractivity contribution in [3.63, 3.8) is 0 Å². The van der Waals surface area contributed by atoms with E-state index in [-0.39, 0.29) is 61.2 Å². The molecule has 400 valence electrons. The van der Waals surface area contributed by atoms with Crippen LogP contribution in [0.2, 0.25) is 0 Å². The molecule has 8 N–H and O–H groups in total. The number of nitrogens with zero attached hydrogens (tertiary/aromatic N) is 13. The molecule has 0 bridgehead atoms. The fraction of sp³-hybridized carbons (Fsp3) is 0.420. The summed E-state index contributed by atoms with van der Waals surface area (Å²) in [7, 11) is 1.46. The van der Waals surface area contributed by atoms with Gasteiger partial charge >= 0.3 is 0 Å². The Labute approximate surface area is 436 Å². The highest BCUT2D eigenvalue weighted by Crippen LogP contribution is 2.34. The Bertz CT molecular complexity index is 3370. The molecule has 1 fully saturated rings. The monoisotopic (exact) mass is 1040 g/mol. The second-order valence-electron chi connectivity index (χ2n) is 18.6. The Kier molecular flexibility index (Phi) is 15.5. The number of carbonyl (C=O) groups excluding carboxylic acids is 5. The van der Waals surface area contributed by atoms with E-state index in [1.54, 1.807) is 61.5 Å². The number of nitrogens with one attached hydrogen (secondary N) is 2. The van der Waals surface area contributed by atoms with Gasteiger partial charge in [0.25, 0.3) is 17.7 Å². The smallest absolute Gasteiger partial charge is 0.276 e. The Hall–Kier alpha value is -8.49. The van der Waals surface area contributed by atoms with E-state index in [4.69, 9.17) is 36.8 Å². The first kappa shape index (κ1) is 52.4. The second-order valence-corrected chi connectivity index (χ2v) is 18.6. The number of primary amides is 2. The third-order valence-corrected chi connectivity index (χ3v) is 13.6. The first-order chi connectivity index (χ1) is 36.7. The highest BCUT2D eigenvalue weighted by atomic mass is 16.6. The molecule has 0 unspecified atom stereocenters. The number of rotatable bonds is 21. The minimum atomic E-state index is -0.680. The number of carbonyl (C=O) groups is 5. The highest BCUT2D eigenvalue weighted by molar-refractivity contribution is 6.05. The number of benzene rings is 2. The maximum absolute atomic E-state index is 14.0. The van der Waals surface area contributed by atoms with E-state index >= 15 is 0 Å². The Morgan fingerprint density at radius 1 is 0.737 bits per heavy atom. The Morgan fingerprint density at radius 3 is 1.82 bits per heavy atom. The molecule has 2 aliphatic heterocycles. The maximum atomic E-state index is 14.0. The number of ether oxygens (including phenoxy) is 2. The van der Waals surface area contributed by atoms with E-state index in [9.17, 15) is 24.0 Å². The number of methoxy groups -OCH3 is 1. The minimum absolute atomic E-state index is 0.139. The van der Waals surface area contributed by atoms with Gasteiger partial charge in [-0.1, -0.05) is 12.2 Å². The number of likely N-dealkylation sites (tertiary alicyclic amines) is 1. The second kappa shape index (κ2) is 22.5. The van der Waals surface area contributed by atoms with Gasteiger partial charge in [0.2, 0.25) is 23.7 Å². The topological polar surface area (TPSA) is 324 Å². The third-order valence-electron chi connectivity index (χ3n) is 13.6. The first-order valence-corrected chi connectivity index (χ1v) is 25.1. The summed E-state index contributed by atoms with van der Waals surface area (Å²) in [6, 6.07) is 9.58. The van der Waals surface area contributed by atoms with Crippen molar-refractivity contribution in [1.82, 2.24) is 63.2 Å². The highest BCUT2D eigenvalue weighted by Gasteiger charge is 2.31. The SMILES string of the molecule is CCn1nc(C)cc1C(=O)Nc1nc2cc(C(N)=O)cc(OC)c2n1C/C=C/Cn1c(NC(=O)c2cc(C)nn2CC)nc2cc(C(N)=O)cc(OCCCN3CCC(c4nnc5n4CCN(C(=O)CON)C5)CC3)c21. The maximum Gasteiger partial charge on any atom is 0.276 e. The molecule has 0 atom stereocenters. The third kappa shape index (κ3) is 10.9. The summed E-state index contributed by atoms with van der Waals surface area (Å²) in [5.74, 6) is 5.61. The number of imidazole rings is 2. The van der Waals surface area contributed by atoms with E-state index < -0.39 is 23.6 Å². The van der Waals surface area contributed by atoms with Crippen LogP contribution in [-0.4, -0.2) is 139 Å². The van der Waals surface area contributed by atoms with Gasteiger partial charge in [-0.25, -0.2) is 15.9 Å². The average Bonchev–Trinajstić information content (AvgIpc) is 4.25. The molecule has 26 heteroatoms. The molecule has 2 aromatic carbocycles. The average molecular weight is 1040 g/mol. The lowest BCUT2D eigenvalue weighted by Gasteiger charge is -2.33. The summed E-state index contributed by atoms with van der Waals surface area (Å²) < 4.78 is 21.1. The van der Waals surface area contributed by atoms with Crippen LogP contribution in [0.4, 0.5) is 11.9 Å². The standard InChI is InChI=1S/C50H62N18O8/c1-6-67-36(21-29(3)60-67)47(72)56-49-54-34-23-32(44(51)70)25-38(74-5)42(34)65(49)14-8-9-15-66-43-35(55-50(66)57-48(73)37-22-30(4)61-68(37)7-2)24-33(45(52)71)26-39(43)75-20-10-13-62-16-11-31(12-17-62)46-59-58-40-27-63(18-19-64(40)46)41(69)28-76-53/h8-9,21-26,31H,6-7,10-20,27-28,53H2,1-5H3,(H2,51,70)(H2,52,71)(H,54,56,72)(H,55,57,73)/b9-8+. The fourth-order valence-electron chi connectivity index (χ4n) is 9.93. The molecule has 9 rings (SSSR count). The molecule has 0 spiro atoms. The zero-order chi connectivity index (χ0) is 53.8. The van der Waals surface area contributed by atoms with Crippen LogP contribution in [0, 0.1) is 13.8 Å². The molecule has 5 amide bonds. The van der Waals surface area contributed by atoms with Gasteiger partial charge in [0.1, 0.15) is 46.4 Å². The van der Waals surface area contributed by atoms with Gasteiger partial charge in [0.05, 0.1) is 42.7 Å². The van der Waals surface area contributed by atoms with Crippen molar-refractivity contribution >= 4 is 63.5 Å². The number of hydrogen-bond donors (Lipinski definition) is 5. The molecule has 0 saturated carbocycles. The van der Waals surface area contributed by atoms with Crippen LogP contribution in [0.25, 0.3) is 22.1 Å². The number of anilines is 2. The quantitative estimate of drug-likeness (QED) is 0.0393. The summed E-state index contributed by atoms with van der Waals surface area (Å²) in [6.45, 7) is 12.6. The summed E-state index contributed by atoms with van der Waals surface area (Å²) >= 11 is 0. The van der Waals surface area contributed by atoms with Crippen LogP contribution in [0.1, 0.15) is 104 Å². The van der Waals surface area contributed by atoms with Gasteiger partial charge in [-0.15, -0.1) is 10.2 Å². The van der Waals surface area contributed by atoms with Crippen LogP contribution in [0.5, 0.6) is 11.5 Å². The molecular weight excluding hydrogens is 981 g/mol. The molecule has 1 saturated heterocycles. The van der Waals surface area contributed by atoms with Gasteiger partial charge < -0.3 is 44.4 Å². The van der Waals surface area contributed by atoms with E-state index in [1.807, 2.05) is 26.0 Å². The van der Waals surface area contributed by atoms with Crippen molar-refractivity contribution in [3.8, 4) is 11.5 Å². The summed E-state index contributed by atoms with van der Waals surface area (Å²) in [6.07, 6.45) is 6.15. The van der Waals surface area contributed by atoms with Gasteiger partial charge in [-0.2, -0.15) is 10.2 Å². The van der Waals surface area contributed by atoms with Gasteiger partial charge in [0, 0.05) is 62.9 Å². The van der Waals surface area contributed by atoms with Crippen molar-refractivity contribution in [1.29, 1.82) is 0 Å². The lowest BCUT2D eigenvalue weighted by Crippen LogP contribution is -2.41. The Balaban J connectivity index is 0.961. The fourth-order valence-corrected chi connectivity index (χ4v) is 9.93. The largest absolute Gasteiger partial charge is 0.494 e. The van der Waals surface area contributed by atoms with Crippen molar-refractivity contribution < 1.29 is 38.3 Å². The zero-order valence-electron chi connectivity index (χ0n) is 43.1. The molecule has 2 aliphatic rings. The van der Waals surface area contributed by atoms with E-state index in [0.717, 1.165) is 44.1 Å². The lowest BCUT2D eigenvalue weighted by molar-refractivity contribution is -0.137. The predicted molar refractivity (Wildman–Crippen MR) is 277 cm³/mol. The van der Waals surface area contributed by atoms with Gasteiger partial charge in [0.15, 0.2) is 5.82 Å². The van der Waals surface area contributed by atoms with Gasteiger partial charge in [-0.05, 0) is 96.4 Å². The van der Waals surface area contributed by atoms with Crippen molar-refractivity contribution in [3.05, 3.63) is 94.1 Å². The summed E-state index contributed by atoms with van der Waals surface area (Å²) in [4.78, 5) is 83.4. The number of amides is 5. The summed E-state index contributed by atoms with van der Waals surface area (Å²) in [5.41, 5.74) is 15.6. The van der Waals surface area contributed by atoms with E-state index in [1.165, 1.54) is 19.2 Å². The number of piperidine rings is 1. The number of allylic oxidation sites excluding steroid dienone is 2. The van der Waals surface area contributed by atoms with Crippen LogP contribution >= 0.6 is 0 Å². The number of aromatic nitrogens is 11. The predicted octanol–water partition coefficient (Wildman–Crippen LogP) is 2.88. The molecular formula is C50H62N18O8. The van der Waals surface area contributed by atoms with Crippen LogP contribution < -0.4 is 37.5 Å². The number of fused-ring (bicyclic) bond motifs is 3.